The minimum Gasteiger partial charge on any atom is -0.310 e. The van der Waals surface area contributed by atoms with Crippen LogP contribution in [-0.2, 0) is 13.5 Å². The van der Waals surface area contributed by atoms with Crippen molar-refractivity contribution in [2.24, 2.45) is 7.05 Å². The van der Waals surface area contributed by atoms with Crippen LogP contribution in [0.4, 0.5) is 4.39 Å². The molecule has 1 aromatic heterocycles. The Bertz CT molecular complexity index is 575. The number of rotatable bonds is 5. The summed E-state index contributed by atoms with van der Waals surface area (Å²) in [6.45, 7) is 4.98. The molecule has 0 aliphatic heterocycles. The standard InChI is InChI=1S/C15H19BrFN3/c1-4-18-15(14-9-19-20(3)10(14)2)7-11-5-12(16)8-13(17)6-11/h5-6,8-9,15,18H,4,7H2,1-3H3. The van der Waals surface area contributed by atoms with Gasteiger partial charge in [0, 0.05) is 28.8 Å². The number of hydrogen-bond donors (Lipinski definition) is 1. The van der Waals surface area contributed by atoms with E-state index in [1.54, 1.807) is 6.07 Å². The van der Waals surface area contributed by atoms with E-state index >= 15 is 0 Å². The second kappa shape index (κ2) is 6.50. The van der Waals surface area contributed by atoms with E-state index in [9.17, 15) is 4.39 Å². The molecular weight excluding hydrogens is 321 g/mol. The number of halogens is 2. The zero-order valence-corrected chi connectivity index (χ0v) is 13.5. The predicted molar refractivity (Wildman–Crippen MR) is 82.2 cm³/mol. The van der Waals surface area contributed by atoms with Gasteiger partial charge in [-0.3, -0.25) is 4.68 Å². The summed E-state index contributed by atoms with van der Waals surface area (Å²) in [6.07, 6.45) is 2.62. The highest BCUT2D eigenvalue weighted by Gasteiger charge is 2.17. The summed E-state index contributed by atoms with van der Waals surface area (Å²) < 4.78 is 16.1. The first-order valence-electron chi connectivity index (χ1n) is 6.68. The Hall–Kier alpha value is -1.20. The van der Waals surface area contributed by atoms with Gasteiger partial charge in [-0.1, -0.05) is 22.9 Å². The fourth-order valence-electron chi connectivity index (χ4n) is 2.36. The third-order valence-corrected chi connectivity index (χ3v) is 3.92. The van der Waals surface area contributed by atoms with Gasteiger partial charge in [-0.2, -0.15) is 5.10 Å². The van der Waals surface area contributed by atoms with Gasteiger partial charge in [0.1, 0.15) is 5.82 Å². The molecule has 1 N–H and O–H groups in total. The first-order chi connectivity index (χ1) is 9.51. The first-order valence-corrected chi connectivity index (χ1v) is 7.47. The van der Waals surface area contributed by atoms with Crippen molar-refractivity contribution in [3.05, 3.63) is 51.5 Å². The average molecular weight is 340 g/mol. The topological polar surface area (TPSA) is 29.9 Å². The molecule has 1 heterocycles. The first kappa shape index (κ1) is 15.2. The summed E-state index contributed by atoms with van der Waals surface area (Å²) in [4.78, 5) is 0. The van der Waals surface area contributed by atoms with Gasteiger partial charge in [-0.05, 0) is 43.7 Å². The molecule has 0 amide bonds. The van der Waals surface area contributed by atoms with Crippen LogP contribution in [0.15, 0.2) is 28.9 Å². The molecule has 1 atom stereocenters. The highest BCUT2D eigenvalue weighted by atomic mass is 79.9. The quantitative estimate of drug-likeness (QED) is 0.903. The number of benzene rings is 1. The number of hydrogen-bond acceptors (Lipinski definition) is 2. The maximum absolute atomic E-state index is 13.5. The summed E-state index contributed by atoms with van der Waals surface area (Å²) in [5, 5.41) is 7.74. The molecule has 1 unspecified atom stereocenters. The maximum atomic E-state index is 13.5. The van der Waals surface area contributed by atoms with E-state index in [4.69, 9.17) is 0 Å². The Morgan fingerprint density at radius 2 is 2.15 bits per heavy atom. The molecule has 0 saturated carbocycles. The van der Waals surface area contributed by atoms with Gasteiger partial charge in [-0.25, -0.2) is 4.39 Å². The molecule has 0 fully saturated rings. The van der Waals surface area contributed by atoms with Crippen molar-refractivity contribution in [1.29, 1.82) is 0 Å². The minimum absolute atomic E-state index is 0.141. The van der Waals surface area contributed by atoms with Crippen LogP contribution in [0.25, 0.3) is 0 Å². The summed E-state index contributed by atoms with van der Waals surface area (Å²) in [5.74, 6) is -0.215. The molecule has 5 heteroatoms. The van der Waals surface area contributed by atoms with Crippen LogP contribution in [0.3, 0.4) is 0 Å². The van der Waals surface area contributed by atoms with E-state index in [2.05, 4.69) is 33.3 Å². The highest BCUT2D eigenvalue weighted by molar-refractivity contribution is 9.10. The molecule has 0 saturated heterocycles. The van der Waals surface area contributed by atoms with Crippen LogP contribution in [0.1, 0.15) is 29.8 Å². The Labute approximate surface area is 127 Å². The Morgan fingerprint density at radius 3 is 2.70 bits per heavy atom. The monoisotopic (exact) mass is 339 g/mol. The van der Waals surface area contributed by atoms with Crippen molar-refractivity contribution in [1.82, 2.24) is 15.1 Å². The van der Waals surface area contributed by atoms with Gasteiger partial charge in [-0.15, -0.1) is 0 Å². The number of likely N-dealkylation sites (N-methyl/N-ethyl adjacent to an activating group) is 1. The summed E-state index contributed by atoms with van der Waals surface area (Å²) in [7, 11) is 1.93. The SMILES string of the molecule is CCNC(Cc1cc(F)cc(Br)c1)c1cnn(C)c1C. The molecular formula is C15H19BrFN3. The van der Waals surface area contributed by atoms with Crippen molar-refractivity contribution in [2.45, 2.75) is 26.3 Å². The van der Waals surface area contributed by atoms with E-state index in [0.29, 0.717) is 0 Å². The highest BCUT2D eigenvalue weighted by Crippen LogP contribution is 2.23. The predicted octanol–water partition coefficient (Wildman–Crippen LogP) is 3.52. The van der Waals surface area contributed by atoms with Gasteiger partial charge in [0.05, 0.1) is 6.20 Å². The van der Waals surface area contributed by atoms with Crippen molar-refractivity contribution in [2.75, 3.05) is 6.54 Å². The number of aryl methyl sites for hydroxylation is 1. The molecule has 2 aromatic rings. The molecule has 0 radical (unpaired) electrons. The van der Waals surface area contributed by atoms with E-state index in [1.165, 1.54) is 6.07 Å². The second-order valence-corrected chi connectivity index (χ2v) is 5.82. The van der Waals surface area contributed by atoms with Gasteiger partial charge in [0.15, 0.2) is 0 Å². The Morgan fingerprint density at radius 1 is 1.40 bits per heavy atom. The normalized spacial score (nSPS) is 12.7. The number of aromatic nitrogens is 2. The molecule has 2 rings (SSSR count). The fourth-order valence-corrected chi connectivity index (χ4v) is 2.87. The van der Waals surface area contributed by atoms with E-state index in [1.807, 2.05) is 30.9 Å². The van der Waals surface area contributed by atoms with Gasteiger partial charge >= 0.3 is 0 Å². The third kappa shape index (κ3) is 3.46. The van der Waals surface area contributed by atoms with E-state index in [0.717, 1.165) is 34.3 Å². The van der Waals surface area contributed by atoms with Crippen LogP contribution in [0.5, 0.6) is 0 Å². The largest absolute Gasteiger partial charge is 0.310 e. The van der Waals surface area contributed by atoms with Crippen LogP contribution in [0, 0.1) is 12.7 Å². The van der Waals surface area contributed by atoms with Crippen molar-refractivity contribution in [3.8, 4) is 0 Å². The molecule has 0 aliphatic carbocycles. The molecule has 0 bridgehead atoms. The van der Waals surface area contributed by atoms with Crippen molar-refractivity contribution in [3.63, 3.8) is 0 Å². The summed E-state index contributed by atoms with van der Waals surface area (Å²) in [6, 6.07) is 5.16. The molecule has 0 spiro atoms. The molecule has 20 heavy (non-hydrogen) atoms. The third-order valence-electron chi connectivity index (χ3n) is 3.46. The Kier molecular flexibility index (Phi) is 4.94. The average Bonchev–Trinajstić information content (AvgIpc) is 2.68. The van der Waals surface area contributed by atoms with Gasteiger partial charge in [0.2, 0.25) is 0 Å². The van der Waals surface area contributed by atoms with Gasteiger partial charge < -0.3 is 5.32 Å². The molecule has 108 valence electrons. The van der Waals surface area contributed by atoms with Crippen molar-refractivity contribution >= 4 is 15.9 Å². The molecule has 0 aliphatic rings. The van der Waals surface area contributed by atoms with Crippen LogP contribution in [-0.4, -0.2) is 16.3 Å². The smallest absolute Gasteiger partial charge is 0.124 e. The zero-order valence-electron chi connectivity index (χ0n) is 12.0. The lowest BCUT2D eigenvalue weighted by Gasteiger charge is -2.18. The second-order valence-electron chi connectivity index (χ2n) is 4.90. The van der Waals surface area contributed by atoms with E-state index < -0.39 is 0 Å². The lowest BCUT2D eigenvalue weighted by molar-refractivity contribution is 0.543. The fraction of sp³-hybridized carbons (Fsp3) is 0.400. The van der Waals surface area contributed by atoms with Gasteiger partial charge in [0.25, 0.3) is 0 Å². The molecule has 3 nitrogen and oxygen atoms in total. The van der Waals surface area contributed by atoms with E-state index in [-0.39, 0.29) is 11.9 Å². The maximum Gasteiger partial charge on any atom is 0.124 e. The number of nitrogens with zero attached hydrogens (tertiary/aromatic N) is 2. The van der Waals surface area contributed by atoms with Crippen LogP contribution >= 0.6 is 15.9 Å². The zero-order chi connectivity index (χ0) is 14.7. The summed E-state index contributed by atoms with van der Waals surface area (Å²) in [5.41, 5.74) is 3.26. The molecule has 1 aromatic carbocycles. The minimum atomic E-state index is -0.215. The lowest BCUT2D eigenvalue weighted by Crippen LogP contribution is -2.23. The summed E-state index contributed by atoms with van der Waals surface area (Å²) >= 11 is 3.34. The Balaban J connectivity index is 2.27. The van der Waals surface area contributed by atoms with Crippen LogP contribution in [0.2, 0.25) is 0 Å². The number of nitrogens with one attached hydrogen (secondary N) is 1. The van der Waals surface area contributed by atoms with Crippen LogP contribution < -0.4 is 5.32 Å². The van der Waals surface area contributed by atoms with Crippen molar-refractivity contribution < 1.29 is 4.39 Å². The lowest BCUT2D eigenvalue weighted by atomic mass is 9.99.